The fraction of sp³-hybridized carbons (Fsp3) is 0.300. The van der Waals surface area contributed by atoms with E-state index in [1.54, 1.807) is 36.0 Å². The fourth-order valence-electron chi connectivity index (χ4n) is 2.66. The Balaban J connectivity index is 2.13. The zero-order valence-electron chi connectivity index (χ0n) is 15.8. The number of benzene rings is 2. The number of amides is 2. The van der Waals surface area contributed by atoms with Crippen molar-refractivity contribution in [3.63, 3.8) is 0 Å². The molecule has 2 atom stereocenters. The van der Waals surface area contributed by atoms with Crippen LogP contribution in [0.1, 0.15) is 35.3 Å². The lowest BCUT2D eigenvalue weighted by atomic mass is 10.1. The monoisotopic (exact) mass is 492 g/mol. The molecule has 156 valence electrons. The van der Waals surface area contributed by atoms with Gasteiger partial charge in [0.05, 0.1) is 16.6 Å². The molecule has 0 aliphatic carbocycles. The molecular weight excluding hydrogens is 474 g/mol. The lowest BCUT2D eigenvalue weighted by Gasteiger charge is -2.22. The van der Waals surface area contributed by atoms with Crippen LogP contribution in [-0.2, 0) is 4.79 Å². The van der Waals surface area contributed by atoms with Gasteiger partial charge in [0.2, 0.25) is 5.91 Å². The maximum atomic E-state index is 12.9. The van der Waals surface area contributed by atoms with Crippen LogP contribution >= 0.6 is 58.2 Å². The topological polar surface area (TPSA) is 58.2 Å². The highest BCUT2D eigenvalue weighted by Gasteiger charge is 2.24. The van der Waals surface area contributed by atoms with E-state index in [2.05, 4.69) is 10.6 Å². The molecule has 0 bridgehead atoms. The second kappa shape index (κ2) is 11.3. The molecule has 2 rings (SSSR count). The number of hydrogen-bond donors (Lipinski definition) is 2. The second-order valence-corrected chi connectivity index (χ2v) is 9.00. The molecule has 2 N–H and O–H groups in total. The summed E-state index contributed by atoms with van der Waals surface area (Å²) in [7, 11) is 0. The van der Waals surface area contributed by atoms with Crippen LogP contribution in [0.2, 0.25) is 20.1 Å². The van der Waals surface area contributed by atoms with E-state index in [4.69, 9.17) is 46.4 Å². The molecule has 0 radical (unpaired) electrons. The van der Waals surface area contributed by atoms with E-state index in [9.17, 15) is 9.59 Å². The van der Waals surface area contributed by atoms with E-state index in [1.807, 2.05) is 13.2 Å². The quantitative estimate of drug-likeness (QED) is 0.472. The van der Waals surface area contributed by atoms with E-state index in [0.29, 0.717) is 27.2 Å². The van der Waals surface area contributed by atoms with Crippen LogP contribution < -0.4 is 10.6 Å². The zero-order valence-corrected chi connectivity index (χ0v) is 19.6. The third kappa shape index (κ3) is 6.97. The Morgan fingerprint density at radius 1 is 0.966 bits per heavy atom. The van der Waals surface area contributed by atoms with E-state index in [1.165, 1.54) is 12.1 Å². The Hall–Kier alpha value is -1.11. The molecule has 0 aliphatic rings. The van der Waals surface area contributed by atoms with Crippen molar-refractivity contribution in [3.05, 3.63) is 67.6 Å². The minimum atomic E-state index is -0.727. The SMILES string of the molecule is CSCCC(NC(=O)c1ccc(Cl)cc1Cl)C(=O)NC(C)c1ccc(Cl)cc1Cl. The third-order valence-corrected chi connectivity index (χ3v) is 5.95. The molecule has 0 aliphatic heterocycles. The second-order valence-electron chi connectivity index (χ2n) is 6.33. The normalized spacial score (nSPS) is 12.9. The van der Waals surface area contributed by atoms with E-state index in [0.717, 1.165) is 5.56 Å². The molecule has 4 nitrogen and oxygen atoms in total. The van der Waals surface area contributed by atoms with Crippen molar-refractivity contribution in [1.82, 2.24) is 10.6 Å². The first kappa shape index (κ1) is 24.2. The van der Waals surface area contributed by atoms with Crippen molar-refractivity contribution in [3.8, 4) is 0 Å². The molecule has 2 aromatic carbocycles. The maximum Gasteiger partial charge on any atom is 0.253 e. The minimum absolute atomic E-state index is 0.223. The minimum Gasteiger partial charge on any atom is -0.348 e. The van der Waals surface area contributed by atoms with Crippen molar-refractivity contribution >= 4 is 70.0 Å². The van der Waals surface area contributed by atoms with Gasteiger partial charge in [-0.1, -0.05) is 52.5 Å². The van der Waals surface area contributed by atoms with Crippen LogP contribution in [0.15, 0.2) is 36.4 Å². The summed E-state index contributed by atoms with van der Waals surface area (Å²) in [5.74, 6) is -0.0518. The van der Waals surface area contributed by atoms with Crippen LogP contribution in [0.25, 0.3) is 0 Å². The Kier molecular flexibility index (Phi) is 9.44. The number of carbonyl (C=O) groups excluding carboxylic acids is 2. The summed E-state index contributed by atoms with van der Waals surface area (Å²) in [6, 6.07) is 8.59. The number of thioether (sulfide) groups is 1. The summed E-state index contributed by atoms with van der Waals surface area (Å²) in [5.41, 5.74) is 0.993. The molecule has 0 fully saturated rings. The van der Waals surface area contributed by atoms with Crippen molar-refractivity contribution in [2.24, 2.45) is 0 Å². The van der Waals surface area contributed by atoms with E-state index in [-0.39, 0.29) is 22.5 Å². The number of halogens is 4. The molecule has 0 saturated carbocycles. The van der Waals surface area contributed by atoms with Gasteiger partial charge in [-0.15, -0.1) is 0 Å². The predicted octanol–water partition coefficient (Wildman–Crippen LogP) is 6.03. The predicted molar refractivity (Wildman–Crippen MR) is 124 cm³/mol. The maximum absolute atomic E-state index is 12.9. The number of carbonyl (C=O) groups is 2. The average Bonchev–Trinajstić information content (AvgIpc) is 2.64. The number of hydrogen-bond acceptors (Lipinski definition) is 3. The standard InChI is InChI=1S/C20H20Cl4N2O2S/c1-11(14-5-3-12(21)9-16(14)23)25-20(28)18(7-8-29-2)26-19(27)15-6-4-13(22)10-17(15)24/h3-6,9-11,18H,7-8H2,1-2H3,(H,25,28)(H,26,27). The lowest BCUT2D eigenvalue weighted by Crippen LogP contribution is -2.47. The van der Waals surface area contributed by atoms with Crippen LogP contribution in [0.4, 0.5) is 0 Å². The molecule has 2 amide bonds. The smallest absolute Gasteiger partial charge is 0.253 e. The summed E-state index contributed by atoms with van der Waals surface area (Å²) in [5, 5.41) is 7.29. The third-order valence-electron chi connectivity index (χ3n) is 4.20. The zero-order chi connectivity index (χ0) is 21.6. The Bertz CT molecular complexity index is 895. The Morgan fingerprint density at radius 3 is 2.17 bits per heavy atom. The summed E-state index contributed by atoms with van der Waals surface area (Å²) < 4.78 is 0. The first-order valence-corrected chi connectivity index (χ1v) is 11.6. The van der Waals surface area contributed by atoms with Gasteiger partial charge in [0.25, 0.3) is 5.91 Å². The number of nitrogens with one attached hydrogen (secondary N) is 2. The summed E-state index contributed by atoms with van der Waals surface area (Å²) >= 11 is 25.7. The van der Waals surface area contributed by atoms with Crippen LogP contribution in [-0.4, -0.2) is 29.9 Å². The van der Waals surface area contributed by atoms with Gasteiger partial charge in [-0.25, -0.2) is 0 Å². The van der Waals surface area contributed by atoms with Gasteiger partial charge in [0.15, 0.2) is 0 Å². The first-order valence-electron chi connectivity index (χ1n) is 8.73. The van der Waals surface area contributed by atoms with Crippen molar-refractivity contribution in [2.75, 3.05) is 12.0 Å². The summed E-state index contributed by atoms with van der Waals surface area (Å²) in [6.07, 6.45) is 2.40. The van der Waals surface area contributed by atoms with Gasteiger partial charge in [0.1, 0.15) is 6.04 Å². The van der Waals surface area contributed by atoms with Crippen molar-refractivity contribution in [1.29, 1.82) is 0 Å². The largest absolute Gasteiger partial charge is 0.348 e. The molecule has 0 spiro atoms. The highest BCUT2D eigenvalue weighted by Crippen LogP contribution is 2.26. The van der Waals surface area contributed by atoms with Gasteiger partial charge in [0, 0.05) is 15.1 Å². The van der Waals surface area contributed by atoms with Crippen LogP contribution in [0.3, 0.4) is 0 Å². The molecule has 0 saturated heterocycles. The fourth-order valence-corrected chi connectivity index (χ4v) is 4.20. The van der Waals surface area contributed by atoms with Crippen molar-refractivity contribution in [2.45, 2.75) is 25.4 Å². The summed E-state index contributed by atoms with van der Waals surface area (Å²) in [6.45, 7) is 1.82. The molecule has 29 heavy (non-hydrogen) atoms. The van der Waals surface area contributed by atoms with Crippen LogP contribution in [0, 0.1) is 0 Å². The average molecular weight is 494 g/mol. The molecule has 0 aromatic heterocycles. The van der Waals surface area contributed by atoms with Gasteiger partial charge in [-0.2, -0.15) is 11.8 Å². The molecule has 2 unspecified atom stereocenters. The van der Waals surface area contributed by atoms with Gasteiger partial charge in [-0.05, 0) is 61.2 Å². The van der Waals surface area contributed by atoms with E-state index < -0.39 is 11.9 Å². The Labute approximate surface area is 194 Å². The lowest BCUT2D eigenvalue weighted by molar-refractivity contribution is -0.123. The van der Waals surface area contributed by atoms with Crippen LogP contribution in [0.5, 0.6) is 0 Å². The van der Waals surface area contributed by atoms with Crippen molar-refractivity contribution < 1.29 is 9.59 Å². The van der Waals surface area contributed by atoms with Gasteiger partial charge in [-0.3, -0.25) is 9.59 Å². The first-order chi connectivity index (χ1) is 13.7. The van der Waals surface area contributed by atoms with Gasteiger partial charge < -0.3 is 10.6 Å². The highest BCUT2D eigenvalue weighted by molar-refractivity contribution is 7.98. The molecular formula is C20H20Cl4N2O2S. The van der Waals surface area contributed by atoms with E-state index >= 15 is 0 Å². The Morgan fingerprint density at radius 2 is 1.59 bits per heavy atom. The summed E-state index contributed by atoms with van der Waals surface area (Å²) in [4.78, 5) is 25.5. The number of rotatable bonds is 8. The molecule has 9 heteroatoms. The molecule has 0 heterocycles. The highest BCUT2D eigenvalue weighted by atomic mass is 35.5. The molecule has 2 aromatic rings. The van der Waals surface area contributed by atoms with Gasteiger partial charge >= 0.3 is 0 Å².